The fourth-order valence-corrected chi connectivity index (χ4v) is 3.56. The molecule has 1 aromatic rings. The zero-order chi connectivity index (χ0) is 16.1. The lowest BCUT2D eigenvalue weighted by Gasteiger charge is -2.32. The van der Waals surface area contributed by atoms with Crippen molar-refractivity contribution in [2.24, 2.45) is 0 Å². The van der Waals surface area contributed by atoms with Crippen molar-refractivity contribution in [3.05, 3.63) is 22.7 Å². The predicted octanol–water partition coefficient (Wildman–Crippen LogP) is 3.47. The van der Waals surface area contributed by atoms with Crippen LogP contribution in [-0.4, -0.2) is 43.8 Å². The average molecular weight is 339 g/mol. The van der Waals surface area contributed by atoms with E-state index in [9.17, 15) is 0 Å². The van der Waals surface area contributed by atoms with Gasteiger partial charge in [-0.05, 0) is 56.6 Å². The van der Waals surface area contributed by atoms with E-state index in [-0.39, 0.29) is 0 Å². The molecule has 0 bridgehead atoms. The molecule has 3 rings (SSSR count). The summed E-state index contributed by atoms with van der Waals surface area (Å²) in [4.78, 5) is 2.59. The summed E-state index contributed by atoms with van der Waals surface area (Å²) in [6.45, 7) is 7.92. The van der Waals surface area contributed by atoms with Crippen molar-refractivity contribution in [2.75, 3.05) is 32.8 Å². The van der Waals surface area contributed by atoms with Crippen LogP contribution in [0.3, 0.4) is 0 Å². The lowest BCUT2D eigenvalue weighted by Crippen LogP contribution is -2.42. The van der Waals surface area contributed by atoms with Crippen LogP contribution in [0.15, 0.2) is 12.1 Å². The van der Waals surface area contributed by atoms with Crippen LogP contribution in [0, 0.1) is 0 Å². The fraction of sp³-hybridized carbons (Fsp3) is 0.667. The molecule has 0 amide bonds. The molecule has 1 aromatic carbocycles. The Morgan fingerprint density at radius 2 is 2.00 bits per heavy atom. The number of unbranched alkanes of at least 4 members (excludes halogenated alkanes) is 1. The van der Waals surface area contributed by atoms with E-state index >= 15 is 0 Å². The van der Waals surface area contributed by atoms with Crippen LogP contribution >= 0.6 is 11.6 Å². The Morgan fingerprint density at radius 3 is 2.78 bits per heavy atom. The molecule has 2 aliphatic heterocycles. The minimum absolute atomic E-state index is 0.570. The van der Waals surface area contributed by atoms with Crippen LogP contribution in [0.1, 0.15) is 38.2 Å². The number of ether oxygens (including phenoxy) is 2. The van der Waals surface area contributed by atoms with E-state index in [2.05, 4.69) is 17.1 Å². The number of fused-ring (bicyclic) bond motifs is 1. The van der Waals surface area contributed by atoms with E-state index in [1.807, 2.05) is 12.1 Å². The van der Waals surface area contributed by atoms with Gasteiger partial charge in [0.15, 0.2) is 11.5 Å². The van der Waals surface area contributed by atoms with Crippen molar-refractivity contribution >= 4 is 11.6 Å². The minimum atomic E-state index is 0.570. The summed E-state index contributed by atoms with van der Waals surface area (Å²) >= 11 is 6.30. The lowest BCUT2D eigenvalue weighted by atomic mass is 10.0. The second-order valence-corrected chi connectivity index (χ2v) is 6.86. The van der Waals surface area contributed by atoms with Crippen LogP contribution in [0.4, 0.5) is 0 Å². The van der Waals surface area contributed by atoms with E-state index in [0.717, 1.165) is 17.9 Å². The molecule has 0 radical (unpaired) electrons. The van der Waals surface area contributed by atoms with Gasteiger partial charge in [0.1, 0.15) is 13.2 Å². The zero-order valence-electron chi connectivity index (χ0n) is 13.9. The first-order valence-electron chi connectivity index (χ1n) is 8.80. The molecule has 2 aliphatic rings. The van der Waals surface area contributed by atoms with Gasteiger partial charge in [-0.25, -0.2) is 0 Å². The number of rotatable bonds is 6. The number of halogens is 1. The third-order valence-electron chi connectivity index (χ3n) is 4.67. The van der Waals surface area contributed by atoms with Crippen molar-refractivity contribution in [3.63, 3.8) is 0 Å². The molecule has 1 N–H and O–H groups in total. The second kappa shape index (κ2) is 8.22. The van der Waals surface area contributed by atoms with E-state index < -0.39 is 0 Å². The summed E-state index contributed by atoms with van der Waals surface area (Å²) in [6, 6.07) is 4.63. The third kappa shape index (κ3) is 4.52. The maximum Gasteiger partial charge on any atom is 0.179 e. The second-order valence-electron chi connectivity index (χ2n) is 6.45. The highest BCUT2D eigenvalue weighted by Gasteiger charge is 2.20. The van der Waals surface area contributed by atoms with Crippen LogP contribution in [0.25, 0.3) is 0 Å². The Morgan fingerprint density at radius 1 is 1.22 bits per heavy atom. The van der Waals surface area contributed by atoms with Gasteiger partial charge in [0.25, 0.3) is 0 Å². The highest BCUT2D eigenvalue weighted by molar-refractivity contribution is 6.32. The molecule has 0 spiro atoms. The number of nitrogens with zero attached hydrogens (tertiary/aromatic N) is 1. The molecular formula is C18H27ClN2O2. The Kier molecular flexibility index (Phi) is 6.03. The monoisotopic (exact) mass is 338 g/mol. The maximum absolute atomic E-state index is 6.30. The fourth-order valence-electron chi connectivity index (χ4n) is 3.27. The molecule has 0 aromatic heterocycles. The standard InChI is InChI=1S/C18H27ClN2O2/c1-2-3-6-21-7-4-15(5-8-21)20-13-14-11-16(19)18-17(12-14)22-9-10-23-18/h11-12,15,20H,2-10,13H2,1H3. The van der Waals surface area contributed by atoms with Crippen LogP contribution < -0.4 is 14.8 Å². The van der Waals surface area contributed by atoms with Crippen molar-refractivity contribution < 1.29 is 9.47 Å². The van der Waals surface area contributed by atoms with Gasteiger partial charge in [0, 0.05) is 12.6 Å². The largest absolute Gasteiger partial charge is 0.486 e. The van der Waals surface area contributed by atoms with Gasteiger partial charge in [0.2, 0.25) is 0 Å². The van der Waals surface area contributed by atoms with Crippen molar-refractivity contribution in [3.8, 4) is 11.5 Å². The number of hydrogen-bond donors (Lipinski definition) is 1. The van der Waals surface area contributed by atoms with Crippen LogP contribution in [-0.2, 0) is 6.54 Å². The van der Waals surface area contributed by atoms with Crippen LogP contribution in [0.2, 0.25) is 5.02 Å². The molecule has 2 heterocycles. The summed E-state index contributed by atoms with van der Waals surface area (Å²) in [5.74, 6) is 1.46. The number of likely N-dealkylation sites (tertiary alicyclic amines) is 1. The molecule has 4 nitrogen and oxygen atoms in total. The third-order valence-corrected chi connectivity index (χ3v) is 4.95. The SMILES string of the molecule is CCCCN1CCC(NCc2cc(Cl)c3c(c2)OCCO3)CC1. The number of benzene rings is 1. The van der Waals surface area contributed by atoms with Gasteiger partial charge in [-0.3, -0.25) is 0 Å². The van der Waals surface area contributed by atoms with E-state index in [0.29, 0.717) is 30.0 Å². The number of hydrogen-bond acceptors (Lipinski definition) is 4. The molecule has 23 heavy (non-hydrogen) atoms. The van der Waals surface area contributed by atoms with Crippen molar-refractivity contribution in [1.82, 2.24) is 10.2 Å². The first-order valence-corrected chi connectivity index (χ1v) is 9.18. The highest BCUT2D eigenvalue weighted by Crippen LogP contribution is 2.38. The molecule has 0 saturated carbocycles. The molecule has 1 saturated heterocycles. The van der Waals surface area contributed by atoms with E-state index in [1.165, 1.54) is 45.3 Å². The Hall–Kier alpha value is -0.970. The zero-order valence-corrected chi connectivity index (χ0v) is 14.7. The smallest absolute Gasteiger partial charge is 0.179 e. The van der Waals surface area contributed by atoms with Gasteiger partial charge >= 0.3 is 0 Å². The topological polar surface area (TPSA) is 33.7 Å². The summed E-state index contributed by atoms with van der Waals surface area (Å²) in [7, 11) is 0. The molecule has 0 unspecified atom stereocenters. The first-order chi connectivity index (χ1) is 11.3. The van der Waals surface area contributed by atoms with Crippen LogP contribution in [0.5, 0.6) is 11.5 Å². The molecule has 0 aliphatic carbocycles. The Bertz CT molecular complexity index is 516. The molecule has 5 heteroatoms. The van der Waals surface area contributed by atoms with E-state index in [4.69, 9.17) is 21.1 Å². The Balaban J connectivity index is 1.49. The molecule has 128 valence electrons. The van der Waals surface area contributed by atoms with Gasteiger partial charge in [0.05, 0.1) is 5.02 Å². The molecule has 1 fully saturated rings. The summed E-state index contributed by atoms with van der Waals surface area (Å²) in [5, 5.41) is 4.31. The quantitative estimate of drug-likeness (QED) is 0.861. The predicted molar refractivity (Wildman–Crippen MR) is 93.7 cm³/mol. The summed E-state index contributed by atoms with van der Waals surface area (Å²) in [5.41, 5.74) is 1.16. The lowest BCUT2D eigenvalue weighted by molar-refractivity contribution is 0.171. The normalized spacial score (nSPS) is 19.0. The minimum Gasteiger partial charge on any atom is -0.486 e. The average Bonchev–Trinajstić information content (AvgIpc) is 2.59. The number of piperidine rings is 1. The number of nitrogens with one attached hydrogen (secondary N) is 1. The maximum atomic E-state index is 6.30. The first kappa shape index (κ1) is 16.9. The van der Waals surface area contributed by atoms with E-state index in [1.54, 1.807) is 0 Å². The van der Waals surface area contributed by atoms with Crippen molar-refractivity contribution in [1.29, 1.82) is 0 Å². The van der Waals surface area contributed by atoms with Gasteiger partial charge in [-0.2, -0.15) is 0 Å². The molecule has 0 atom stereocenters. The summed E-state index contributed by atoms with van der Waals surface area (Å²) < 4.78 is 11.2. The molecular weight excluding hydrogens is 312 g/mol. The summed E-state index contributed by atoms with van der Waals surface area (Å²) in [6.07, 6.45) is 5.04. The van der Waals surface area contributed by atoms with Gasteiger partial charge in [-0.1, -0.05) is 24.9 Å². The Labute approximate surface area is 144 Å². The van der Waals surface area contributed by atoms with Gasteiger partial charge in [-0.15, -0.1) is 0 Å². The highest BCUT2D eigenvalue weighted by atomic mass is 35.5. The van der Waals surface area contributed by atoms with Gasteiger partial charge < -0.3 is 19.7 Å². The van der Waals surface area contributed by atoms with Crippen molar-refractivity contribution in [2.45, 2.75) is 45.2 Å².